The Bertz CT molecular complexity index is 313. The number of carbonyl (C=O) groups excluding carboxylic acids is 1. The van der Waals surface area contributed by atoms with Crippen LogP contribution >= 0.6 is 0 Å². The van der Waals surface area contributed by atoms with Crippen LogP contribution in [-0.2, 0) is 14.3 Å². The van der Waals surface area contributed by atoms with Crippen LogP contribution in [-0.4, -0.2) is 23.7 Å². The summed E-state index contributed by atoms with van der Waals surface area (Å²) in [5.41, 5.74) is 0.108. The summed E-state index contributed by atoms with van der Waals surface area (Å²) in [6.07, 6.45) is 1.20. The number of hydrogen-bond donors (Lipinski definition) is 1. The Morgan fingerprint density at radius 1 is 1.35 bits per heavy atom. The molecule has 0 fully saturated rings. The molecule has 0 saturated carbocycles. The van der Waals surface area contributed by atoms with Crippen LogP contribution in [0.2, 0.25) is 0 Å². The van der Waals surface area contributed by atoms with Crippen molar-refractivity contribution >= 4 is 11.9 Å². The predicted octanol–water partition coefficient (Wildman–Crippen LogP) is 2.57. The normalized spacial score (nSPS) is 10.2. The fraction of sp³-hybridized carbons (Fsp3) is 0.385. The molecular weight excluding hydrogens is 220 g/mol. The maximum absolute atomic E-state index is 11.2. The third-order valence-corrected chi connectivity index (χ3v) is 1.54. The van der Waals surface area contributed by atoms with Gasteiger partial charge in [0.2, 0.25) is 0 Å². The molecule has 0 aliphatic heterocycles. The van der Waals surface area contributed by atoms with Gasteiger partial charge in [0, 0.05) is 5.57 Å². The van der Waals surface area contributed by atoms with Gasteiger partial charge in [0.05, 0.1) is 12.2 Å². The Balaban J connectivity index is 0. The van der Waals surface area contributed by atoms with Crippen molar-refractivity contribution in [3.63, 3.8) is 0 Å². The maximum Gasteiger partial charge on any atom is 0.337 e. The number of esters is 1. The van der Waals surface area contributed by atoms with Crippen molar-refractivity contribution in [3.8, 4) is 0 Å². The fourth-order valence-electron chi connectivity index (χ4n) is 0.717. The summed E-state index contributed by atoms with van der Waals surface area (Å²) in [5, 5.41) is 8.57. The highest BCUT2D eigenvalue weighted by atomic mass is 16.5. The van der Waals surface area contributed by atoms with Crippen LogP contribution in [0.1, 0.15) is 20.8 Å². The number of rotatable bonds is 5. The number of carboxylic acid groups (broad SMARTS) is 1. The molecule has 0 aromatic carbocycles. The van der Waals surface area contributed by atoms with E-state index in [1.807, 2.05) is 13.8 Å². The van der Waals surface area contributed by atoms with Crippen molar-refractivity contribution in [2.45, 2.75) is 20.8 Å². The first-order valence-electron chi connectivity index (χ1n) is 5.12. The molecule has 4 heteroatoms. The predicted molar refractivity (Wildman–Crippen MR) is 67.6 cm³/mol. The molecule has 96 valence electrons. The van der Waals surface area contributed by atoms with Crippen molar-refractivity contribution in [3.05, 3.63) is 37.0 Å². The van der Waals surface area contributed by atoms with E-state index in [1.54, 1.807) is 0 Å². The highest BCUT2D eigenvalue weighted by molar-refractivity contribution is 5.94. The molecule has 0 aromatic rings. The van der Waals surface area contributed by atoms with Gasteiger partial charge in [-0.3, -0.25) is 0 Å². The summed E-state index contributed by atoms with van der Waals surface area (Å²) in [7, 11) is 0. The average Bonchev–Trinajstić information content (AvgIpc) is 2.28. The van der Waals surface area contributed by atoms with E-state index in [4.69, 9.17) is 9.84 Å². The highest BCUT2D eigenvalue weighted by Gasteiger charge is 2.09. The molecule has 0 atom stereocenters. The van der Waals surface area contributed by atoms with E-state index in [0.717, 1.165) is 0 Å². The lowest BCUT2D eigenvalue weighted by Crippen LogP contribution is -2.11. The average molecular weight is 240 g/mol. The van der Waals surface area contributed by atoms with Crippen LogP contribution in [0.25, 0.3) is 0 Å². The first-order valence-corrected chi connectivity index (χ1v) is 5.12. The van der Waals surface area contributed by atoms with Crippen LogP contribution in [0.3, 0.4) is 0 Å². The molecule has 0 spiro atoms. The van der Waals surface area contributed by atoms with Crippen molar-refractivity contribution in [2.24, 2.45) is 5.92 Å². The number of aliphatic carboxylic acids is 1. The molecule has 0 aliphatic rings. The summed E-state index contributed by atoms with van der Waals surface area (Å²) >= 11 is 0. The highest BCUT2D eigenvalue weighted by Crippen LogP contribution is 2.04. The van der Waals surface area contributed by atoms with E-state index in [1.165, 1.54) is 13.0 Å². The monoisotopic (exact) mass is 240 g/mol. The number of carbonyl (C=O) groups is 2. The quantitative estimate of drug-likeness (QED) is 0.347. The number of carboxylic acids is 1. The van der Waals surface area contributed by atoms with Crippen LogP contribution in [0.4, 0.5) is 0 Å². The smallest absolute Gasteiger partial charge is 0.337 e. The second-order valence-electron chi connectivity index (χ2n) is 3.65. The zero-order valence-corrected chi connectivity index (χ0v) is 10.7. The molecule has 0 aliphatic carbocycles. The molecule has 0 aromatic heterocycles. The van der Waals surface area contributed by atoms with E-state index in [2.05, 4.69) is 19.7 Å². The molecule has 4 nitrogen and oxygen atoms in total. The molecular formula is C13H20O4. The third-order valence-electron chi connectivity index (χ3n) is 1.54. The lowest BCUT2D eigenvalue weighted by atomic mass is 10.2. The largest absolute Gasteiger partial charge is 0.478 e. The van der Waals surface area contributed by atoms with Gasteiger partial charge in [0.15, 0.2) is 0 Å². The molecule has 0 radical (unpaired) electrons. The van der Waals surface area contributed by atoms with Crippen molar-refractivity contribution in [2.75, 3.05) is 6.61 Å². The van der Waals surface area contributed by atoms with Gasteiger partial charge in [-0.25, -0.2) is 9.59 Å². The Hall–Kier alpha value is -1.84. The number of hydrogen-bond acceptors (Lipinski definition) is 3. The molecule has 0 amide bonds. The Morgan fingerprint density at radius 3 is 2.18 bits per heavy atom. The second-order valence-corrected chi connectivity index (χ2v) is 3.65. The van der Waals surface area contributed by atoms with Gasteiger partial charge in [-0.15, -0.1) is 13.2 Å². The van der Waals surface area contributed by atoms with E-state index in [-0.39, 0.29) is 17.1 Å². The van der Waals surface area contributed by atoms with Gasteiger partial charge >= 0.3 is 11.9 Å². The SMILES string of the molecule is C=C.C=C(/C=C(\C)C(=O)O)C(=O)OCC(C)C. The summed E-state index contributed by atoms with van der Waals surface area (Å²) in [4.78, 5) is 21.7. The van der Waals surface area contributed by atoms with Gasteiger partial charge in [-0.1, -0.05) is 20.4 Å². The lowest BCUT2D eigenvalue weighted by Gasteiger charge is -2.06. The van der Waals surface area contributed by atoms with E-state index < -0.39 is 11.9 Å². The first-order chi connectivity index (χ1) is 7.84. The molecule has 0 bridgehead atoms. The van der Waals surface area contributed by atoms with E-state index in [9.17, 15) is 9.59 Å². The van der Waals surface area contributed by atoms with Crippen LogP contribution < -0.4 is 0 Å². The minimum absolute atomic E-state index is 0.0514. The van der Waals surface area contributed by atoms with Crippen molar-refractivity contribution in [1.82, 2.24) is 0 Å². The zero-order chi connectivity index (χ0) is 14.0. The molecule has 0 heterocycles. The van der Waals surface area contributed by atoms with Crippen molar-refractivity contribution in [1.29, 1.82) is 0 Å². The molecule has 1 N–H and O–H groups in total. The summed E-state index contributed by atoms with van der Waals surface area (Å²) in [6.45, 7) is 15.0. The van der Waals surface area contributed by atoms with E-state index >= 15 is 0 Å². The van der Waals surface area contributed by atoms with Gasteiger partial charge in [0.1, 0.15) is 0 Å². The van der Waals surface area contributed by atoms with Gasteiger partial charge < -0.3 is 9.84 Å². The van der Waals surface area contributed by atoms with Gasteiger partial charge in [0.25, 0.3) is 0 Å². The zero-order valence-electron chi connectivity index (χ0n) is 10.7. The Labute approximate surface area is 102 Å². The minimum atomic E-state index is -1.08. The van der Waals surface area contributed by atoms with Crippen LogP contribution in [0.5, 0.6) is 0 Å². The summed E-state index contributed by atoms with van der Waals surface area (Å²) in [6, 6.07) is 0. The summed E-state index contributed by atoms with van der Waals surface area (Å²) < 4.78 is 4.87. The minimum Gasteiger partial charge on any atom is -0.478 e. The van der Waals surface area contributed by atoms with Gasteiger partial charge in [-0.05, 0) is 18.9 Å². The molecule has 0 saturated heterocycles. The first kappa shape index (κ1) is 17.6. The Kier molecular flexibility index (Phi) is 9.70. The summed E-state index contributed by atoms with van der Waals surface area (Å²) in [5.74, 6) is -1.41. The van der Waals surface area contributed by atoms with Crippen LogP contribution in [0, 0.1) is 5.92 Å². The van der Waals surface area contributed by atoms with Crippen molar-refractivity contribution < 1.29 is 19.4 Å². The standard InChI is InChI=1S/C11H16O4.C2H4/c1-7(2)6-15-11(14)9(4)5-8(3)10(12)13;1-2/h5,7H,4,6H2,1-3H3,(H,12,13);1-2H2/b8-5+;. The third kappa shape index (κ3) is 9.11. The lowest BCUT2D eigenvalue weighted by molar-refractivity contribution is -0.139. The Morgan fingerprint density at radius 2 is 1.82 bits per heavy atom. The molecule has 0 rings (SSSR count). The topological polar surface area (TPSA) is 63.6 Å². The second kappa shape index (κ2) is 9.39. The molecule has 0 unspecified atom stereocenters. The molecule has 17 heavy (non-hydrogen) atoms. The van der Waals surface area contributed by atoms with Gasteiger partial charge in [-0.2, -0.15) is 0 Å². The maximum atomic E-state index is 11.2. The van der Waals surface area contributed by atoms with Crippen LogP contribution in [0.15, 0.2) is 37.0 Å². The fourth-order valence-corrected chi connectivity index (χ4v) is 0.717. The van der Waals surface area contributed by atoms with E-state index in [0.29, 0.717) is 6.61 Å². The number of ether oxygens (including phenoxy) is 1.